The van der Waals surface area contributed by atoms with Crippen molar-refractivity contribution in [2.24, 2.45) is 0 Å². The predicted octanol–water partition coefficient (Wildman–Crippen LogP) is 3.32. The maximum absolute atomic E-state index is 12.0. The number of carbonyl (C=O) groups excluding carboxylic acids is 1. The van der Waals surface area contributed by atoms with E-state index >= 15 is 0 Å². The number of ether oxygens (including phenoxy) is 1. The molecule has 104 valence electrons. The highest BCUT2D eigenvalue weighted by Gasteiger charge is 2.11. The van der Waals surface area contributed by atoms with Crippen LogP contribution in [0.15, 0.2) is 53.0 Å². The molecule has 4 nitrogen and oxygen atoms in total. The first-order valence-electron chi connectivity index (χ1n) is 6.00. The second kappa shape index (κ2) is 7.07. The molecule has 0 unspecified atom stereocenters. The zero-order valence-corrected chi connectivity index (χ0v) is 12.5. The van der Waals surface area contributed by atoms with E-state index in [2.05, 4.69) is 21.4 Å². The van der Waals surface area contributed by atoms with Gasteiger partial charge in [0.05, 0.1) is 19.3 Å². The van der Waals surface area contributed by atoms with Crippen molar-refractivity contribution in [2.45, 2.75) is 6.61 Å². The van der Waals surface area contributed by atoms with Gasteiger partial charge in [0.1, 0.15) is 5.75 Å². The Morgan fingerprint density at radius 1 is 1.20 bits per heavy atom. The Balaban J connectivity index is 1.95. The third-order valence-corrected chi connectivity index (χ3v) is 3.36. The Morgan fingerprint density at radius 2 is 1.95 bits per heavy atom. The number of rotatable bonds is 5. The first kappa shape index (κ1) is 14.6. The average molecular weight is 336 g/mol. The molecule has 0 saturated heterocycles. The van der Waals surface area contributed by atoms with Crippen LogP contribution in [-0.4, -0.2) is 13.0 Å². The van der Waals surface area contributed by atoms with Crippen LogP contribution in [0.25, 0.3) is 0 Å². The predicted molar refractivity (Wildman–Crippen MR) is 79.4 cm³/mol. The minimum absolute atomic E-state index is 0.314. The van der Waals surface area contributed by atoms with E-state index in [9.17, 15) is 4.79 Å². The molecule has 0 saturated carbocycles. The van der Waals surface area contributed by atoms with E-state index < -0.39 is 0 Å². The van der Waals surface area contributed by atoms with Gasteiger partial charge in [0.2, 0.25) is 0 Å². The monoisotopic (exact) mass is 335 g/mol. The topological polar surface area (TPSA) is 47.6 Å². The Labute approximate surface area is 125 Å². The zero-order valence-electron chi connectivity index (χ0n) is 10.9. The molecule has 0 aromatic heterocycles. The smallest absolute Gasteiger partial charge is 0.276 e. The average Bonchev–Trinajstić information content (AvgIpc) is 2.48. The molecular formula is C15H14BrNO3. The summed E-state index contributed by atoms with van der Waals surface area (Å²) in [5, 5.41) is 0. The fourth-order valence-electron chi connectivity index (χ4n) is 1.62. The highest BCUT2D eigenvalue weighted by Crippen LogP contribution is 2.22. The van der Waals surface area contributed by atoms with Crippen molar-refractivity contribution in [1.82, 2.24) is 5.48 Å². The molecule has 1 N–H and O–H groups in total. The maximum Gasteiger partial charge on any atom is 0.276 e. The fourth-order valence-corrected chi connectivity index (χ4v) is 2.05. The van der Waals surface area contributed by atoms with Gasteiger partial charge in [-0.15, -0.1) is 0 Å². The van der Waals surface area contributed by atoms with Gasteiger partial charge in [-0.05, 0) is 39.7 Å². The van der Waals surface area contributed by atoms with E-state index in [1.54, 1.807) is 25.3 Å². The Kier molecular flexibility index (Phi) is 5.15. The third-order valence-electron chi connectivity index (χ3n) is 2.66. The molecule has 0 heterocycles. The number of hydroxylamine groups is 1. The van der Waals surface area contributed by atoms with Crippen LogP contribution in [0.5, 0.6) is 5.75 Å². The van der Waals surface area contributed by atoms with Gasteiger partial charge < -0.3 is 4.74 Å². The SMILES string of the molecule is COc1ccc(Br)c(C(=O)NOCc2ccccc2)c1. The van der Waals surface area contributed by atoms with Crippen molar-refractivity contribution in [3.8, 4) is 5.75 Å². The zero-order chi connectivity index (χ0) is 14.4. The van der Waals surface area contributed by atoms with Gasteiger partial charge in [0.15, 0.2) is 0 Å². The number of carbonyl (C=O) groups is 1. The van der Waals surface area contributed by atoms with E-state index in [4.69, 9.17) is 9.57 Å². The number of benzene rings is 2. The molecule has 1 amide bonds. The lowest BCUT2D eigenvalue weighted by Crippen LogP contribution is -2.24. The minimum Gasteiger partial charge on any atom is -0.497 e. The molecular weight excluding hydrogens is 322 g/mol. The minimum atomic E-state index is -0.327. The first-order valence-corrected chi connectivity index (χ1v) is 6.79. The lowest BCUT2D eigenvalue weighted by atomic mass is 10.2. The molecule has 0 atom stereocenters. The largest absolute Gasteiger partial charge is 0.497 e. The Hall–Kier alpha value is -1.85. The molecule has 2 aromatic rings. The molecule has 20 heavy (non-hydrogen) atoms. The molecule has 0 fully saturated rings. The normalized spacial score (nSPS) is 10.1. The van der Waals surface area contributed by atoms with Crippen LogP contribution in [0.1, 0.15) is 15.9 Å². The van der Waals surface area contributed by atoms with Crippen molar-refractivity contribution >= 4 is 21.8 Å². The van der Waals surface area contributed by atoms with Gasteiger partial charge in [-0.25, -0.2) is 5.48 Å². The van der Waals surface area contributed by atoms with Gasteiger partial charge in [-0.3, -0.25) is 9.63 Å². The van der Waals surface area contributed by atoms with Crippen LogP contribution in [0, 0.1) is 0 Å². The van der Waals surface area contributed by atoms with Crippen LogP contribution >= 0.6 is 15.9 Å². The van der Waals surface area contributed by atoms with Gasteiger partial charge in [0.25, 0.3) is 5.91 Å². The summed E-state index contributed by atoms with van der Waals surface area (Å²) in [4.78, 5) is 17.2. The second-order valence-electron chi connectivity index (χ2n) is 4.05. The highest BCUT2D eigenvalue weighted by molar-refractivity contribution is 9.10. The molecule has 0 aliphatic heterocycles. The van der Waals surface area contributed by atoms with Crippen molar-refractivity contribution in [3.05, 3.63) is 64.1 Å². The number of hydrogen-bond acceptors (Lipinski definition) is 3. The van der Waals surface area contributed by atoms with Crippen LogP contribution in [0.4, 0.5) is 0 Å². The first-order chi connectivity index (χ1) is 9.70. The second-order valence-corrected chi connectivity index (χ2v) is 4.91. The third kappa shape index (κ3) is 3.82. The molecule has 0 spiro atoms. The molecule has 0 aliphatic carbocycles. The van der Waals surface area contributed by atoms with Crippen molar-refractivity contribution in [2.75, 3.05) is 7.11 Å². The summed E-state index contributed by atoms with van der Waals surface area (Å²) in [5.41, 5.74) is 3.85. The molecule has 2 rings (SSSR count). The number of methoxy groups -OCH3 is 1. The molecule has 0 radical (unpaired) electrons. The molecule has 2 aromatic carbocycles. The standard InChI is InChI=1S/C15H14BrNO3/c1-19-12-7-8-14(16)13(9-12)15(18)17-20-10-11-5-3-2-4-6-11/h2-9H,10H2,1H3,(H,17,18). The quantitative estimate of drug-likeness (QED) is 0.852. The summed E-state index contributed by atoms with van der Waals surface area (Å²) < 4.78 is 5.77. The number of amides is 1. The van der Waals surface area contributed by atoms with Gasteiger partial charge in [-0.1, -0.05) is 30.3 Å². The van der Waals surface area contributed by atoms with E-state index in [0.29, 0.717) is 22.4 Å². The lowest BCUT2D eigenvalue weighted by molar-refractivity contribution is 0.0232. The summed E-state index contributed by atoms with van der Waals surface area (Å²) in [5.74, 6) is 0.285. The Bertz CT molecular complexity index is 587. The van der Waals surface area contributed by atoms with Gasteiger partial charge >= 0.3 is 0 Å². The number of halogens is 1. The van der Waals surface area contributed by atoms with E-state index in [-0.39, 0.29) is 5.91 Å². The van der Waals surface area contributed by atoms with Gasteiger partial charge in [-0.2, -0.15) is 0 Å². The van der Waals surface area contributed by atoms with Gasteiger partial charge in [0, 0.05) is 4.47 Å². The highest BCUT2D eigenvalue weighted by atomic mass is 79.9. The number of hydrogen-bond donors (Lipinski definition) is 1. The van der Waals surface area contributed by atoms with E-state index in [0.717, 1.165) is 5.56 Å². The molecule has 5 heteroatoms. The summed E-state index contributed by atoms with van der Waals surface area (Å²) in [6.07, 6.45) is 0. The summed E-state index contributed by atoms with van der Waals surface area (Å²) in [6.45, 7) is 0.314. The summed E-state index contributed by atoms with van der Waals surface area (Å²) in [6, 6.07) is 14.8. The summed E-state index contributed by atoms with van der Waals surface area (Å²) in [7, 11) is 1.55. The van der Waals surface area contributed by atoms with Crippen LogP contribution < -0.4 is 10.2 Å². The van der Waals surface area contributed by atoms with Crippen LogP contribution in [0.2, 0.25) is 0 Å². The van der Waals surface area contributed by atoms with E-state index in [1.165, 1.54) is 0 Å². The molecule has 0 aliphatic rings. The Morgan fingerprint density at radius 3 is 2.65 bits per heavy atom. The molecule has 0 bridgehead atoms. The lowest BCUT2D eigenvalue weighted by Gasteiger charge is -2.09. The van der Waals surface area contributed by atoms with Crippen molar-refractivity contribution in [1.29, 1.82) is 0 Å². The maximum atomic E-state index is 12.0. The fraction of sp³-hybridized carbons (Fsp3) is 0.133. The van der Waals surface area contributed by atoms with Crippen LogP contribution in [-0.2, 0) is 11.4 Å². The van der Waals surface area contributed by atoms with Crippen molar-refractivity contribution < 1.29 is 14.4 Å². The summed E-state index contributed by atoms with van der Waals surface area (Å²) >= 11 is 3.33. The number of nitrogens with one attached hydrogen (secondary N) is 1. The van der Waals surface area contributed by atoms with Crippen LogP contribution in [0.3, 0.4) is 0 Å². The van der Waals surface area contributed by atoms with E-state index in [1.807, 2.05) is 30.3 Å². The van der Waals surface area contributed by atoms with Crippen molar-refractivity contribution in [3.63, 3.8) is 0 Å².